The van der Waals surface area contributed by atoms with Crippen LogP contribution in [0.1, 0.15) is 40.0 Å². The van der Waals surface area contributed by atoms with Crippen LogP contribution in [0.5, 0.6) is 0 Å². The van der Waals surface area contributed by atoms with Crippen LogP contribution in [-0.4, -0.2) is 116 Å². The van der Waals surface area contributed by atoms with Gasteiger partial charge in [0.1, 0.15) is 0 Å². The molecular weight excluding hydrogens is 1080 g/mol. The minimum absolute atomic E-state index is 0.0986. The lowest BCUT2D eigenvalue weighted by Crippen LogP contribution is -2.21. The van der Waals surface area contributed by atoms with Gasteiger partial charge in [-0.15, -0.1) is 0 Å². The van der Waals surface area contributed by atoms with Crippen molar-refractivity contribution in [2.45, 2.75) is 40.0 Å². The fourth-order valence-electron chi connectivity index (χ4n) is 3.61. The summed E-state index contributed by atoms with van der Waals surface area (Å²) >= 11 is 0. The van der Waals surface area contributed by atoms with Gasteiger partial charge in [-0.1, -0.05) is 20.8 Å². The van der Waals surface area contributed by atoms with Gasteiger partial charge in [-0.05, 0) is 19.3 Å². The summed E-state index contributed by atoms with van der Waals surface area (Å²) in [6.07, 6.45) is 0.678. The molecule has 0 fully saturated rings. The first-order valence-corrected chi connectivity index (χ1v) is 30.5. The average molecular weight is 1130 g/mol. The molecule has 0 aliphatic heterocycles. The maximum absolute atomic E-state index is 12.1. The standard InChI is InChI=1S/C25H60O33P8/c1-4-23(17-26)18-55-63(36,37)50-15-16-53-66(42,43)58-22-25(6-3)21-57-65(40,41)52-14-12-49-62(34,35)47-10-8-45-60(30,31)44-7-9-46-61(32,33)48-11-13-51-64(38,39)56-20-24(5-2)19-54-59(27,28)29/h23-26H,4-22H2,1-3H3,(H,30,31)(H,32,33)(H,34,35)(H,36,37)(H,38,39)(H,40,41)(H,42,43)(H2,27,28,29)/p-8. The van der Waals surface area contributed by atoms with Crippen LogP contribution in [0.2, 0.25) is 0 Å². The van der Waals surface area contributed by atoms with Gasteiger partial charge in [-0.2, -0.15) is 0 Å². The second-order valence-corrected chi connectivity index (χ2v) is 23.5. The van der Waals surface area contributed by atoms with E-state index in [9.17, 15) is 75.7 Å². The largest absolute Gasteiger partial charge is 0.756 e. The summed E-state index contributed by atoms with van der Waals surface area (Å²) in [6, 6.07) is 0. The Morgan fingerprint density at radius 1 is 0.318 bits per heavy atom. The first-order chi connectivity index (χ1) is 30.3. The first kappa shape index (κ1) is 66.8. The molecule has 0 saturated heterocycles. The van der Waals surface area contributed by atoms with Crippen LogP contribution >= 0.6 is 62.6 Å². The summed E-state index contributed by atoms with van der Waals surface area (Å²) in [5.74, 6) is -2.16. The molecule has 0 spiro atoms. The second kappa shape index (κ2) is 32.8. The van der Waals surface area contributed by atoms with Crippen molar-refractivity contribution < 1.29 is 154 Å². The predicted molar refractivity (Wildman–Crippen MR) is 201 cm³/mol. The van der Waals surface area contributed by atoms with E-state index in [1.54, 1.807) is 6.92 Å². The molecule has 2 N–H and O–H groups in total. The van der Waals surface area contributed by atoms with E-state index < -0.39 is 173 Å². The third kappa shape index (κ3) is 37.6. The van der Waals surface area contributed by atoms with Crippen molar-refractivity contribution in [3.8, 4) is 0 Å². The zero-order chi connectivity index (χ0) is 50.8. The van der Waals surface area contributed by atoms with Crippen LogP contribution in [0, 0.1) is 17.8 Å². The van der Waals surface area contributed by atoms with Crippen LogP contribution in [0.15, 0.2) is 0 Å². The summed E-state index contributed by atoms with van der Waals surface area (Å²) in [6.45, 7) is -7.85. The topological polar surface area (TPSA) is 500 Å². The maximum Gasteiger partial charge on any atom is 0.268 e. The van der Waals surface area contributed by atoms with Gasteiger partial charge in [0.25, 0.3) is 62.6 Å². The van der Waals surface area contributed by atoms with Gasteiger partial charge in [-0.3, -0.25) is 36.5 Å². The van der Waals surface area contributed by atoms with Gasteiger partial charge >= 0.3 is 0 Å². The molecule has 11 atom stereocenters. The van der Waals surface area contributed by atoms with Crippen molar-refractivity contribution in [2.75, 3.05) is 106 Å². The summed E-state index contributed by atoms with van der Waals surface area (Å²) < 4.78 is 160. The van der Waals surface area contributed by atoms with E-state index >= 15 is 0 Å². The molecule has 11 unspecified atom stereocenters. The van der Waals surface area contributed by atoms with Crippen LogP contribution in [-0.2, 0) is 104 Å². The van der Waals surface area contributed by atoms with Crippen LogP contribution in [0.4, 0.5) is 0 Å². The van der Waals surface area contributed by atoms with Gasteiger partial charge in [0.05, 0.1) is 99.1 Å². The lowest BCUT2D eigenvalue weighted by molar-refractivity contribution is -0.238. The van der Waals surface area contributed by atoms with Gasteiger partial charge in [0.2, 0.25) is 0 Å². The zero-order valence-electron chi connectivity index (χ0n) is 35.3. The van der Waals surface area contributed by atoms with Gasteiger partial charge < -0.3 is 117 Å². The highest BCUT2D eigenvalue weighted by Crippen LogP contribution is 2.45. The number of hydrogen-bond acceptors (Lipinski definition) is 32. The smallest absolute Gasteiger partial charge is 0.268 e. The molecule has 0 aromatic carbocycles. The molecule has 0 bridgehead atoms. The van der Waals surface area contributed by atoms with Crippen molar-refractivity contribution in [2.24, 2.45) is 17.8 Å². The minimum Gasteiger partial charge on any atom is -0.756 e. The van der Waals surface area contributed by atoms with E-state index in [1.165, 1.54) is 13.8 Å². The lowest BCUT2D eigenvalue weighted by atomic mass is 10.1. The Bertz CT molecular complexity index is 1740. The third-order valence-corrected chi connectivity index (χ3v) is 14.6. The van der Waals surface area contributed by atoms with E-state index in [0.717, 1.165) is 0 Å². The van der Waals surface area contributed by atoms with Crippen molar-refractivity contribution >= 4 is 62.6 Å². The highest BCUT2D eigenvalue weighted by molar-refractivity contribution is 7.47. The second-order valence-electron chi connectivity index (χ2n) is 12.4. The number of phosphoric acid groups is 8. The van der Waals surface area contributed by atoms with E-state index in [4.69, 9.17) is 10.00 Å². The van der Waals surface area contributed by atoms with E-state index in [0.29, 0.717) is 6.42 Å². The number of aliphatic hydroxyl groups is 1. The molecule has 0 aliphatic rings. The molecule has 0 rings (SSSR count). The van der Waals surface area contributed by atoms with Crippen LogP contribution in [0.3, 0.4) is 0 Å². The van der Waals surface area contributed by atoms with Crippen molar-refractivity contribution in [1.82, 2.24) is 0 Å². The number of rotatable bonds is 44. The van der Waals surface area contributed by atoms with E-state index in [1.807, 2.05) is 0 Å². The molecule has 66 heavy (non-hydrogen) atoms. The van der Waals surface area contributed by atoms with Gasteiger partial charge in [0.15, 0.2) is 0 Å². The molecule has 0 heterocycles. The monoisotopic (exact) mass is 1130 g/mol. The average Bonchev–Trinajstić information content (AvgIpc) is 3.20. The number of aliphatic hydroxyl groups excluding tert-OH is 1. The Morgan fingerprint density at radius 2 is 0.485 bits per heavy atom. The fraction of sp³-hybridized carbons (Fsp3) is 1.00. The van der Waals surface area contributed by atoms with Crippen LogP contribution < -0.4 is 39.1 Å². The first-order valence-electron chi connectivity index (χ1n) is 18.8. The molecule has 33 nitrogen and oxygen atoms in total. The molecule has 0 aromatic heterocycles. The lowest BCUT2D eigenvalue weighted by Gasteiger charge is -2.28. The number of hydrogen-bond donors (Lipinski definition) is 2. The molecule has 0 aliphatic carbocycles. The van der Waals surface area contributed by atoms with Crippen molar-refractivity contribution in [1.29, 1.82) is 0 Å². The highest BCUT2D eigenvalue weighted by atomic mass is 31.2. The third-order valence-electron chi connectivity index (χ3n) is 7.25. The van der Waals surface area contributed by atoms with Gasteiger partial charge in [-0.25, -0.2) is 0 Å². The van der Waals surface area contributed by atoms with Crippen molar-refractivity contribution in [3.05, 3.63) is 0 Å². The molecule has 0 amide bonds. The normalized spacial score (nSPS) is 21.1. The molecule has 398 valence electrons. The quantitative estimate of drug-likeness (QED) is 0.0494. The Hall–Kier alpha value is 0.840. The van der Waals surface area contributed by atoms with Crippen molar-refractivity contribution in [3.63, 3.8) is 0 Å². The van der Waals surface area contributed by atoms with E-state index in [2.05, 4.69) is 67.9 Å². The molecule has 0 aromatic rings. The van der Waals surface area contributed by atoms with Crippen LogP contribution in [0.25, 0.3) is 0 Å². The summed E-state index contributed by atoms with van der Waals surface area (Å²) in [5, 5.41) is 9.07. The minimum atomic E-state index is -5.22. The molecule has 0 radical (unpaired) electrons. The number of phosphoric ester groups is 8. The Balaban J connectivity index is 4.37. The highest BCUT2D eigenvalue weighted by Gasteiger charge is 2.21. The SMILES string of the molecule is CCC(CO)COP(=O)([O-])OCCOP(=O)([O-])OCC(CC)COP(=O)([O-])OCCOP(=O)([O-])OCCOP(=O)([O-])OCCOP(=O)([O-])OCCOP(=O)([O-])OCC(CC)COP(=O)([O-])O. The summed E-state index contributed by atoms with van der Waals surface area (Å²) in [7, 11) is -40.8. The Kier molecular flexibility index (Phi) is 33.2. The summed E-state index contributed by atoms with van der Waals surface area (Å²) in [5.41, 5.74) is 0. The zero-order valence-corrected chi connectivity index (χ0v) is 42.5. The molecule has 0 saturated carbocycles. The Labute approximate surface area is 379 Å². The maximum atomic E-state index is 12.1. The fourth-order valence-corrected chi connectivity index (χ4v) is 9.08. The van der Waals surface area contributed by atoms with E-state index in [-0.39, 0.29) is 26.1 Å². The molecular formula is C25H52O33P8-8. The summed E-state index contributed by atoms with van der Waals surface area (Å²) in [4.78, 5) is 102. The van der Waals surface area contributed by atoms with Gasteiger partial charge in [0, 0.05) is 24.4 Å². The predicted octanol–water partition coefficient (Wildman–Crippen LogP) is -1.95. The Morgan fingerprint density at radius 3 is 0.652 bits per heavy atom. The molecule has 41 heteroatoms.